The number of benzene rings is 6. The Labute approximate surface area is 228 Å². The zero-order valence-electron chi connectivity index (χ0n) is 22.0. The number of hydrogen-bond donors (Lipinski definition) is 2. The summed E-state index contributed by atoms with van der Waals surface area (Å²) >= 11 is 0. The molecule has 2 N–H and O–H groups in total. The number of phenols is 2. The Morgan fingerprint density at radius 2 is 1.10 bits per heavy atom. The lowest BCUT2D eigenvalue weighted by atomic mass is 9.88. The third-order valence-electron chi connectivity index (χ3n) is 7.75. The van der Waals surface area contributed by atoms with Crippen LogP contribution < -0.4 is 4.74 Å². The molecule has 0 heterocycles. The Morgan fingerprint density at radius 1 is 0.513 bits per heavy atom. The van der Waals surface area contributed by atoms with E-state index in [0.29, 0.717) is 11.5 Å². The molecule has 3 heteroatoms. The van der Waals surface area contributed by atoms with Crippen LogP contribution in [0.15, 0.2) is 121 Å². The Morgan fingerprint density at radius 3 is 1.79 bits per heavy atom. The highest BCUT2D eigenvalue weighted by molar-refractivity contribution is 5.94. The maximum Gasteiger partial charge on any atom is 0.135 e. The predicted octanol–water partition coefficient (Wildman–Crippen LogP) is 9.50. The van der Waals surface area contributed by atoms with E-state index in [4.69, 9.17) is 4.74 Å². The third kappa shape index (κ3) is 4.57. The zero-order valence-corrected chi connectivity index (χ0v) is 22.0. The van der Waals surface area contributed by atoms with Crippen LogP contribution in [0.25, 0.3) is 21.5 Å². The van der Waals surface area contributed by atoms with Gasteiger partial charge in [-0.15, -0.1) is 0 Å². The summed E-state index contributed by atoms with van der Waals surface area (Å²) in [7, 11) is 0. The highest BCUT2D eigenvalue weighted by Gasteiger charge is 2.21. The van der Waals surface area contributed by atoms with Crippen LogP contribution in [-0.4, -0.2) is 10.2 Å². The monoisotopic (exact) mass is 510 g/mol. The Bertz CT molecular complexity index is 1770. The lowest BCUT2D eigenvalue weighted by molar-refractivity contribution is 0.455. The number of rotatable bonds is 6. The van der Waals surface area contributed by atoms with E-state index in [1.165, 1.54) is 11.1 Å². The van der Waals surface area contributed by atoms with Gasteiger partial charge in [0.1, 0.15) is 23.0 Å². The van der Waals surface area contributed by atoms with Crippen molar-refractivity contribution in [1.29, 1.82) is 0 Å². The molecule has 6 rings (SSSR count). The van der Waals surface area contributed by atoms with Gasteiger partial charge in [-0.25, -0.2) is 0 Å². The fourth-order valence-electron chi connectivity index (χ4n) is 5.62. The third-order valence-corrected chi connectivity index (χ3v) is 7.75. The predicted molar refractivity (Wildman–Crippen MR) is 159 cm³/mol. The standard InChI is InChI=1S/C36H30O3/c1-23(25-11-5-3-6-12-25)28-19-20-33(37)30-18-17-27(21-32(28)30)39-35-22-34(38)29-15-9-10-16-31(29)36(35)24(2)26-13-7-4-8-14-26/h3-24,37-38H,1-2H3. The first-order valence-electron chi connectivity index (χ1n) is 13.3. The van der Waals surface area contributed by atoms with Gasteiger partial charge in [0, 0.05) is 34.2 Å². The second kappa shape index (κ2) is 10.2. The topological polar surface area (TPSA) is 49.7 Å². The van der Waals surface area contributed by atoms with Crippen LogP contribution >= 0.6 is 0 Å². The van der Waals surface area contributed by atoms with Crippen LogP contribution in [0.2, 0.25) is 0 Å². The summed E-state index contributed by atoms with van der Waals surface area (Å²) in [5.41, 5.74) is 4.50. The van der Waals surface area contributed by atoms with Gasteiger partial charge >= 0.3 is 0 Å². The Kier molecular flexibility index (Phi) is 6.42. The number of phenolic OH excluding ortho intramolecular Hbond substituents is 2. The summed E-state index contributed by atoms with van der Waals surface area (Å²) in [6.45, 7) is 4.34. The molecule has 0 spiro atoms. The van der Waals surface area contributed by atoms with Crippen molar-refractivity contribution in [3.8, 4) is 23.0 Å². The SMILES string of the molecule is CC(c1ccccc1)c1ccc(O)c2ccc(Oc3cc(O)c4ccccc4c3C(C)c3ccccc3)cc12. The maximum absolute atomic E-state index is 10.9. The molecule has 0 aliphatic heterocycles. The molecular weight excluding hydrogens is 480 g/mol. The van der Waals surface area contributed by atoms with Crippen LogP contribution in [0.3, 0.4) is 0 Å². The molecule has 0 fully saturated rings. The van der Waals surface area contributed by atoms with Crippen molar-refractivity contribution in [2.24, 2.45) is 0 Å². The van der Waals surface area contributed by atoms with Gasteiger partial charge in [-0.05, 0) is 51.7 Å². The molecule has 0 amide bonds. The van der Waals surface area contributed by atoms with E-state index in [-0.39, 0.29) is 23.3 Å². The second-order valence-electron chi connectivity index (χ2n) is 10.1. The van der Waals surface area contributed by atoms with Crippen LogP contribution in [0.1, 0.15) is 47.9 Å². The van der Waals surface area contributed by atoms with Gasteiger partial charge in [0.15, 0.2) is 0 Å². The molecule has 39 heavy (non-hydrogen) atoms. The first kappa shape index (κ1) is 24.6. The van der Waals surface area contributed by atoms with Gasteiger partial charge in [-0.1, -0.05) is 105 Å². The van der Waals surface area contributed by atoms with Gasteiger partial charge in [0.25, 0.3) is 0 Å². The minimum atomic E-state index is 0.0323. The van der Waals surface area contributed by atoms with Crippen molar-refractivity contribution in [2.75, 3.05) is 0 Å². The molecule has 0 radical (unpaired) electrons. The fourth-order valence-corrected chi connectivity index (χ4v) is 5.62. The molecule has 2 unspecified atom stereocenters. The van der Waals surface area contributed by atoms with Crippen LogP contribution in [0, 0.1) is 0 Å². The molecule has 3 nitrogen and oxygen atoms in total. The fraction of sp³-hybridized carbons (Fsp3) is 0.111. The molecular formula is C36H30O3. The number of aromatic hydroxyl groups is 2. The van der Waals surface area contributed by atoms with E-state index in [1.54, 1.807) is 12.1 Å². The average molecular weight is 511 g/mol. The Hall–Kier alpha value is -4.76. The molecule has 0 aliphatic rings. The van der Waals surface area contributed by atoms with Gasteiger partial charge in [0.05, 0.1) is 0 Å². The number of hydrogen-bond acceptors (Lipinski definition) is 3. The quantitative estimate of drug-likeness (QED) is 0.235. The highest BCUT2D eigenvalue weighted by atomic mass is 16.5. The summed E-state index contributed by atoms with van der Waals surface area (Å²) in [6.07, 6.45) is 0. The molecule has 2 atom stereocenters. The Balaban J connectivity index is 1.49. The van der Waals surface area contributed by atoms with Crippen molar-refractivity contribution >= 4 is 21.5 Å². The summed E-state index contributed by atoms with van der Waals surface area (Å²) in [5, 5.41) is 25.1. The lowest BCUT2D eigenvalue weighted by Crippen LogP contribution is -2.01. The van der Waals surface area contributed by atoms with Crippen molar-refractivity contribution < 1.29 is 14.9 Å². The number of fused-ring (bicyclic) bond motifs is 2. The summed E-state index contributed by atoms with van der Waals surface area (Å²) in [6, 6.07) is 39.8. The first-order valence-corrected chi connectivity index (χ1v) is 13.3. The molecule has 6 aromatic rings. The minimum Gasteiger partial charge on any atom is -0.507 e. The smallest absolute Gasteiger partial charge is 0.135 e. The van der Waals surface area contributed by atoms with E-state index in [0.717, 1.165) is 32.7 Å². The second-order valence-corrected chi connectivity index (χ2v) is 10.1. The normalized spacial score (nSPS) is 12.9. The van der Waals surface area contributed by atoms with Gasteiger partial charge in [-0.3, -0.25) is 0 Å². The van der Waals surface area contributed by atoms with Gasteiger partial charge in [0.2, 0.25) is 0 Å². The van der Waals surface area contributed by atoms with Gasteiger partial charge < -0.3 is 14.9 Å². The highest BCUT2D eigenvalue weighted by Crippen LogP contribution is 2.44. The number of ether oxygens (including phenoxy) is 1. The van der Waals surface area contributed by atoms with E-state index in [1.807, 2.05) is 84.9 Å². The van der Waals surface area contributed by atoms with E-state index < -0.39 is 0 Å². The summed E-state index contributed by atoms with van der Waals surface area (Å²) < 4.78 is 6.59. The molecule has 0 bridgehead atoms. The molecule has 192 valence electrons. The van der Waals surface area contributed by atoms with Crippen LogP contribution in [0.5, 0.6) is 23.0 Å². The van der Waals surface area contributed by atoms with E-state index >= 15 is 0 Å². The molecule has 0 saturated carbocycles. The van der Waals surface area contributed by atoms with Gasteiger partial charge in [-0.2, -0.15) is 0 Å². The van der Waals surface area contributed by atoms with Crippen molar-refractivity contribution in [1.82, 2.24) is 0 Å². The van der Waals surface area contributed by atoms with Crippen molar-refractivity contribution in [3.05, 3.63) is 144 Å². The molecule has 0 saturated heterocycles. The minimum absolute atomic E-state index is 0.0323. The molecule has 0 aliphatic carbocycles. The largest absolute Gasteiger partial charge is 0.507 e. The summed E-state index contributed by atoms with van der Waals surface area (Å²) in [5.74, 6) is 1.84. The van der Waals surface area contributed by atoms with E-state index in [2.05, 4.69) is 38.1 Å². The van der Waals surface area contributed by atoms with E-state index in [9.17, 15) is 10.2 Å². The molecule has 6 aromatic carbocycles. The zero-order chi connectivity index (χ0) is 26.9. The first-order chi connectivity index (χ1) is 19.0. The lowest BCUT2D eigenvalue weighted by Gasteiger charge is -2.21. The van der Waals surface area contributed by atoms with Crippen LogP contribution in [0.4, 0.5) is 0 Å². The van der Waals surface area contributed by atoms with Crippen LogP contribution in [-0.2, 0) is 0 Å². The van der Waals surface area contributed by atoms with Crippen molar-refractivity contribution in [2.45, 2.75) is 25.7 Å². The maximum atomic E-state index is 10.9. The van der Waals surface area contributed by atoms with Crippen molar-refractivity contribution in [3.63, 3.8) is 0 Å². The average Bonchev–Trinajstić information content (AvgIpc) is 2.98. The molecule has 0 aromatic heterocycles. The summed E-state index contributed by atoms with van der Waals surface area (Å²) in [4.78, 5) is 0.